The SMILES string of the molecule is Cc1nc(NC(=O)C(C)(C)C)sc1-c1csc(Nc2nccc3ccccc23)n1. The maximum absolute atomic E-state index is 12.2. The molecule has 1 amide bonds. The van der Waals surface area contributed by atoms with Crippen molar-refractivity contribution in [1.82, 2.24) is 15.0 Å². The summed E-state index contributed by atoms with van der Waals surface area (Å²) < 4.78 is 0. The second kappa shape index (κ2) is 7.53. The summed E-state index contributed by atoms with van der Waals surface area (Å²) in [4.78, 5) is 26.8. The fraction of sp³-hybridized carbons (Fsp3) is 0.238. The Kier molecular flexibility index (Phi) is 5.06. The highest BCUT2D eigenvalue weighted by molar-refractivity contribution is 7.20. The number of nitrogens with one attached hydrogen (secondary N) is 2. The van der Waals surface area contributed by atoms with E-state index in [4.69, 9.17) is 4.98 Å². The highest BCUT2D eigenvalue weighted by atomic mass is 32.1. The Balaban J connectivity index is 1.57. The monoisotopic (exact) mass is 423 g/mol. The first-order valence-electron chi connectivity index (χ1n) is 9.17. The Labute approximate surface area is 177 Å². The molecule has 0 radical (unpaired) electrons. The zero-order valence-electron chi connectivity index (χ0n) is 16.6. The molecule has 4 rings (SSSR count). The average molecular weight is 424 g/mol. The number of fused-ring (bicyclic) bond motifs is 1. The van der Waals surface area contributed by atoms with Crippen LogP contribution in [0.5, 0.6) is 0 Å². The number of benzene rings is 1. The number of thiazole rings is 2. The molecule has 0 unspecified atom stereocenters. The molecule has 0 aliphatic rings. The molecule has 0 saturated heterocycles. The molecule has 148 valence electrons. The smallest absolute Gasteiger partial charge is 0.231 e. The summed E-state index contributed by atoms with van der Waals surface area (Å²) in [6, 6.07) is 10.1. The largest absolute Gasteiger partial charge is 0.316 e. The first-order valence-corrected chi connectivity index (χ1v) is 10.9. The molecular formula is C21H21N5OS2. The van der Waals surface area contributed by atoms with Crippen molar-refractivity contribution in [3.63, 3.8) is 0 Å². The number of amides is 1. The Bertz CT molecular complexity index is 1180. The Morgan fingerprint density at radius 1 is 1.07 bits per heavy atom. The van der Waals surface area contributed by atoms with Crippen molar-refractivity contribution >= 4 is 55.4 Å². The summed E-state index contributed by atoms with van der Waals surface area (Å²) in [6.45, 7) is 7.56. The highest BCUT2D eigenvalue weighted by Crippen LogP contribution is 2.36. The van der Waals surface area contributed by atoms with E-state index in [9.17, 15) is 4.79 Å². The second-order valence-corrected chi connectivity index (χ2v) is 9.54. The van der Waals surface area contributed by atoms with Gasteiger partial charge in [0.1, 0.15) is 5.82 Å². The van der Waals surface area contributed by atoms with Crippen LogP contribution in [0.25, 0.3) is 21.3 Å². The summed E-state index contributed by atoms with van der Waals surface area (Å²) in [5, 5.41) is 11.7. The van der Waals surface area contributed by atoms with Gasteiger partial charge in [-0.2, -0.15) is 0 Å². The van der Waals surface area contributed by atoms with Crippen molar-refractivity contribution in [2.45, 2.75) is 27.7 Å². The fourth-order valence-electron chi connectivity index (χ4n) is 2.73. The number of hydrogen-bond acceptors (Lipinski definition) is 7. The number of anilines is 3. The molecule has 0 saturated carbocycles. The van der Waals surface area contributed by atoms with E-state index in [1.807, 2.05) is 57.3 Å². The molecular weight excluding hydrogens is 402 g/mol. The second-order valence-electron chi connectivity index (χ2n) is 7.68. The molecule has 3 heterocycles. The lowest BCUT2D eigenvalue weighted by atomic mass is 9.96. The third-order valence-electron chi connectivity index (χ3n) is 4.33. The van der Waals surface area contributed by atoms with Gasteiger partial charge in [0.2, 0.25) is 5.91 Å². The summed E-state index contributed by atoms with van der Waals surface area (Å²) >= 11 is 2.95. The molecule has 0 spiro atoms. The van der Waals surface area contributed by atoms with E-state index in [-0.39, 0.29) is 5.91 Å². The molecule has 4 aromatic rings. The van der Waals surface area contributed by atoms with Gasteiger partial charge < -0.3 is 10.6 Å². The Morgan fingerprint density at radius 2 is 1.86 bits per heavy atom. The maximum Gasteiger partial charge on any atom is 0.231 e. The van der Waals surface area contributed by atoms with E-state index < -0.39 is 5.41 Å². The third-order valence-corrected chi connectivity index (χ3v) is 6.19. The van der Waals surface area contributed by atoms with Crippen LogP contribution in [-0.4, -0.2) is 20.9 Å². The minimum atomic E-state index is -0.469. The summed E-state index contributed by atoms with van der Waals surface area (Å²) in [5.41, 5.74) is 1.21. The van der Waals surface area contributed by atoms with Gasteiger partial charge in [0, 0.05) is 22.4 Å². The van der Waals surface area contributed by atoms with Gasteiger partial charge in [0.15, 0.2) is 10.3 Å². The van der Waals surface area contributed by atoms with Gasteiger partial charge in [-0.05, 0) is 18.4 Å². The van der Waals surface area contributed by atoms with Crippen molar-refractivity contribution < 1.29 is 4.79 Å². The Morgan fingerprint density at radius 3 is 2.66 bits per heavy atom. The average Bonchev–Trinajstić information content (AvgIpc) is 3.27. The van der Waals surface area contributed by atoms with Crippen molar-refractivity contribution in [1.29, 1.82) is 0 Å². The van der Waals surface area contributed by atoms with Crippen molar-refractivity contribution in [3.8, 4) is 10.6 Å². The predicted molar refractivity (Wildman–Crippen MR) is 121 cm³/mol. The van der Waals surface area contributed by atoms with Crippen LogP contribution in [0.4, 0.5) is 16.1 Å². The molecule has 29 heavy (non-hydrogen) atoms. The number of carbonyl (C=O) groups excluding carboxylic acids is 1. The minimum Gasteiger partial charge on any atom is -0.316 e. The first-order chi connectivity index (χ1) is 13.8. The van der Waals surface area contributed by atoms with E-state index in [2.05, 4.69) is 26.7 Å². The minimum absolute atomic E-state index is 0.0551. The molecule has 3 aromatic heterocycles. The zero-order valence-corrected chi connectivity index (χ0v) is 18.2. The van der Waals surface area contributed by atoms with Crippen LogP contribution in [-0.2, 0) is 4.79 Å². The quantitative estimate of drug-likeness (QED) is 0.430. The molecule has 0 aliphatic heterocycles. The lowest BCUT2D eigenvalue weighted by Gasteiger charge is -2.15. The molecule has 0 atom stereocenters. The molecule has 0 aliphatic carbocycles. The summed E-state index contributed by atoms with van der Waals surface area (Å²) in [7, 11) is 0. The number of hydrogen-bond donors (Lipinski definition) is 2. The number of rotatable bonds is 4. The van der Waals surface area contributed by atoms with Gasteiger partial charge in [-0.1, -0.05) is 56.4 Å². The normalized spacial score (nSPS) is 11.6. The van der Waals surface area contributed by atoms with Crippen LogP contribution < -0.4 is 10.6 Å². The van der Waals surface area contributed by atoms with Gasteiger partial charge in [-0.3, -0.25) is 4.79 Å². The molecule has 1 aromatic carbocycles. The summed E-state index contributed by atoms with van der Waals surface area (Å²) in [5.74, 6) is 0.726. The van der Waals surface area contributed by atoms with Crippen LogP contribution in [0, 0.1) is 12.3 Å². The third kappa shape index (κ3) is 4.13. The molecule has 6 nitrogen and oxygen atoms in total. The van der Waals surface area contributed by atoms with E-state index in [0.29, 0.717) is 5.13 Å². The number of carbonyl (C=O) groups is 1. The van der Waals surface area contributed by atoms with Gasteiger partial charge in [0.25, 0.3) is 0 Å². The van der Waals surface area contributed by atoms with Gasteiger partial charge in [-0.15, -0.1) is 11.3 Å². The number of pyridine rings is 1. The zero-order chi connectivity index (χ0) is 20.6. The van der Waals surface area contributed by atoms with Crippen molar-refractivity contribution in [2.75, 3.05) is 10.6 Å². The lowest BCUT2D eigenvalue weighted by Crippen LogP contribution is -2.27. The van der Waals surface area contributed by atoms with Crippen molar-refractivity contribution in [2.24, 2.45) is 5.41 Å². The molecule has 8 heteroatoms. The van der Waals surface area contributed by atoms with Gasteiger partial charge >= 0.3 is 0 Å². The number of aromatic nitrogens is 3. The van der Waals surface area contributed by atoms with Crippen LogP contribution in [0.3, 0.4) is 0 Å². The summed E-state index contributed by atoms with van der Waals surface area (Å²) in [6.07, 6.45) is 1.79. The van der Waals surface area contributed by atoms with Gasteiger partial charge in [-0.25, -0.2) is 15.0 Å². The number of nitrogens with zero attached hydrogens (tertiary/aromatic N) is 3. The standard InChI is InChI=1S/C21H21N5OS2/c1-12-16(29-20(23-12)26-18(27)21(2,3)4)15-11-28-19(24-15)25-17-14-8-6-5-7-13(14)9-10-22-17/h5-11H,1-4H3,(H,22,24,25)(H,23,26,27). The van der Waals surface area contributed by atoms with Crippen LogP contribution >= 0.6 is 22.7 Å². The van der Waals surface area contributed by atoms with E-state index in [1.54, 1.807) is 6.20 Å². The van der Waals surface area contributed by atoms with E-state index in [1.165, 1.54) is 22.7 Å². The molecule has 0 fully saturated rings. The molecule has 2 N–H and O–H groups in total. The Hall–Kier alpha value is -2.84. The van der Waals surface area contributed by atoms with E-state index in [0.717, 1.165) is 38.0 Å². The fourth-order valence-corrected chi connectivity index (χ4v) is 4.43. The van der Waals surface area contributed by atoms with E-state index >= 15 is 0 Å². The first kappa shape index (κ1) is 19.5. The van der Waals surface area contributed by atoms with Crippen molar-refractivity contribution in [3.05, 3.63) is 47.6 Å². The van der Waals surface area contributed by atoms with Crippen LogP contribution in [0.1, 0.15) is 26.5 Å². The van der Waals surface area contributed by atoms with Crippen LogP contribution in [0.2, 0.25) is 0 Å². The predicted octanol–water partition coefficient (Wildman–Crippen LogP) is 5.85. The van der Waals surface area contributed by atoms with Crippen LogP contribution in [0.15, 0.2) is 41.9 Å². The topological polar surface area (TPSA) is 79.8 Å². The highest BCUT2D eigenvalue weighted by Gasteiger charge is 2.23. The maximum atomic E-state index is 12.2. The number of aryl methyl sites for hydroxylation is 1. The lowest BCUT2D eigenvalue weighted by molar-refractivity contribution is -0.123. The molecule has 0 bridgehead atoms. The van der Waals surface area contributed by atoms with Gasteiger partial charge in [0.05, 0.1) is 16.3 Å².